The van der Waals surface area contributed by atoms with Gasteiger partial charge in [-0.15, -0.1) is 0 Å². The van der Waals surface area contributed by atoms with Crippen LogP contribution in [0.3, 0.4) is 0 Å². The van der Waals surface area contributed by atoms with Crippen LogP contribution in [-0.4, -0.2) is 20.8 Å². The number of pyridine rings is 1. The maximum Gasteiger partial charge on any atom is 0.315 e. The van der Waals surface area contributed by atoms with Gasteiger partial charge in [-0.05, 0) is 30.5 Å². The molecule has 0 aliphatic rings. The number of hydrogen-bond donors (Lipinski definition) is 2. The number of rotatable bonds is 6. The summed E-state index contributed by atoms with van der Waals surface area (Å²) in [5.41, 5.74) is 4.38. The van der Waals surface area contributed by atoms with E-state index in [1.165, 1.54) is 5.69 Å². The predicted molar refractivity (Wildman–Crippen MR) is 85.3 cm³/mol. The van der Waals surface area contributed by atoms with Crippen LogP contribution in [0.15, 0.2) is 24.5 Å². The smallest absolute Gasteiger partial charge is 0.315 e. The van der Waals surface area contributed by atoms with Crippen molar-refractivity contribution in [1.29, 1.82) is 0 Å². The Labute approximate surface area is 130 Å². The van der Waals surface area contributed by atoms with Crippen molar-refractivity contribution >= 4 is 6.03 Å². The summed E-state index contributed by atoms with van der Waals surface area (Å²) in [6.07, 6.45) is 5.19. The van der Waals surface area contributed by atoms with Crippen LogP contribution >= 0.6 is 0 Å². The molecule has 2 aromatic rings. The second-order valence-corrected chi connectivity index (χ2v) is 5.09. The highest BCUT2D eigenvalue weighted by Crippen LogP contribution is 2.15. The Morgan fingerprint density at radius 3 is 2.45 bits per heavy atom. The summed E-state index contributed by atoms with van der Waals surface area (Å²) in [5.74, 6) is 0. The Morgan fingerprint density at radius 2 is 1.82 bits per heavy atom. The lowest BCUT2D eigenvalue weighted by Crippen LogP contribution is -2.34. The van der Waals surface area contributed by atoms with Crippen molar-refractivity contribution in [2.75, 3.05) is 0 Å². The number of amides is 2. The van der Waals surface area contributed by atoms with Gasteiger partial charge in [-0.3, -0.25) is 9.67 Å². The van der Waals surface area contributed by atoms with E-state index in [1.54, 1.807) is 12.4 Å². The second-order valence-electron chi connectivity index (χ2n) is 5.09. The van der Waals surface area contributed by atoms with Gasteiger partial charge in [0, 0.05) is 43.8 Å². The Kier molecular flexibility index (Phi) is 5.52. The molecule has 2 aromatic heterocycles. The van der Waals surface area contributed by atoms with Gasteiger partial charge in [-0.2, -0.15) is 5.10 Å². The molecule has 0 fully saturated rings. The van der Waals surface area contributed by atoms with Gasteiger partial charge in [0.1, 0.15) is 0 Å². The molecule has 2 amide bonds. The van der Waals surface area contributed by atoms with Crippen LogP contribution in [0.4, 0.5) is 4.79 Å². The molecule has 22 heavy (non-hydrogen) atoms. The zero-order chi connectivity index (χ0) is 15.9. The molecule has 2 rings (SSSR count). The lowest BCUT2D eigenvalue weighted by atomic mass is 10.1. The van der Waals surface area contributed by atoms with E-state index in [4.69, 9.17) is 0 Å². The topological polar surface area (TPSA) is 71.8 Å². The van der Waals surface area contributed by atoms with Gasteiger partial charge in [-0.25, -0.2) is 4.79 Å². The van der Waals surface area contributed by atoms with E-state index in [-0.39, 0.29) is 6.03 Å². The molecule has 6 heteroatoms. The summed E-state index contributed by atoms with van der Waals surface area (Å²) < 4.78 is 1.91. The zero-order valence-corrected chi connectivity index (χ0v) is 13.4. The van der Waals surface area contributed by atoms with Gasteiger partial charge in [0.25, 0.3) is 0 Å². The van der Waals surface area contributed by atoms with E-state index in [1.807, 2.05) is 23.9 Å². The van der Waals surface area contributed by atoms with Crippen molar-refractivity contribution in [1.82, 2.24) is 25.4 Å². The van der Waals surface area contributed by atoms with Gasteiger partial charge in [0.05, 0.1) is 5.69 Å². The van der Waals surface area contributed by atoms with E-state index < -0.39 is 0 Å². The predicted octanol–water partition coefficient (Wildman–Crippen LogP) is 1.94. The molecule has 6 nitrogen and oxygen atoms in total. The van der Waals surface area contributed by atoms with Gasteiger partial charge in [0.2, 0.25) is 0 Å². The molecule has 0 spiro atoms. The molecule has 0 radical (unpaired) electrons. The normalized spacial score (nSPS) is 10.5. The van der Waals surface area contributed by atoms with Crippen LogP contribution in [0, 0.1) is 0 Å². The first kappa shape index (κ1) is 16.0. The molecule has 118 valence electrons. The number of nitrogens with one attached hydrogen (secondary N) is 2. The van der Waals surface area contributed by atoms with Crippen molar-refractivity contribution in [3.05, 3.63) is 47.0 Å². The summed E-state index contributed by atoms with van der Waals surface area (Å²) >= 11 is 0. The monoisotopic (exact) mass is 301 g/mol. The average molecular weight is 301 g/mol. The van der Waals surface area contributed by atoms with Gasteiger partial charge in [0.15, 0.2) is 0 Å². The summed E-state index contributed by atoms with van der Waals surface area (Å²) in [6, 6.07) is 3.59. The molecule has 2 N–H and O–H groups in total. The average Bonchev–Trinajstić information content (AvgIpc) is 2.86. The van der Waals surface area contributed by atoms with Crippen molar-refractivity contribution in [2.24, 2.45) is 7.05 Å². The summed E-state index contributed by atoms with van der Waals surface area (Å²) in [7, 11) is 1.95. The molecular weight excluding hydrogens is 278 g/mol. The number of aromatic nitrogens is 3. The maximum atomic E-state index is 11.9. The molecule has 0 bridgehead atoms. The Morgan fingerprint density at radius 1 is 1.14 bits per heavy atom. The number of hydrogen-bond acceptors (Lipinski definition) is 3. The van der Waals surface area contributed by atoms with Gasteiger partial charge in [-0.1, -0.05) is 13.8 Å². The van der Waals surface area contributed by atoms with Crippen LogP contribution in [0.1, 0.15) is 36.4 Å². The third-order valence-corrected chi connectivity index (χ3v) is 3.66. The number of aryl methyl sites for hydroxylation is 2. The first-order chi connectivity index (χ1) is 10.7. The molecule has 0 aromatic carbocycles. The largest absolute Gasteiger partial charge is 0.334 e. The number of nitrogens with zero attached hydrogens (tertiary/aromatic N) is 3. The highest BCUT2D eigenvalue weighted by atomic mass is 16.2. The van der Waals surface area contributed by atoms with Gasteiger partial charge < -0.3 is 10.6 Å². The Balaban J connectivity index is 1.91. The minimum atomic E-state index is -0.176. The van der Waals surface area contributed by atoms with Crippen molar-refractivity contribution < 1.29 is 4.79 Å². The molecule has 0 aliphatic carbocycles. The maximum absolute atomic E-state index is 11.9. The van der Waals surface area contributed by atoms with Crippen LogP contribution in [0.25, 0.3) is 0 Å². The summed E-state index contributed by atoms with van der Waals surface area (Å²) in [4.78, 5) is 15.9. The van der Waals surface area contributed by atoms with Crippen molar-refractivity contribution in [3.8, 4) is 0 Å². The minimum absolute atomic E-state index is 0.176. The summed E-state index contributed by atoms with van der Waals surface area (Å²) in [6.45, 7) is 5.17. The molecule has 0 atom stereocenters. The highest BCUT2D eigenvalue weighted by molar-refractivity contribution is 5.73. The Hall–Kier alpha value is -2.37. The van der Waals surface area contributed by atoms with Crippen molar-refractivity contribution in [2.45, 2.75) is 39.8 Å². The number of carbonyl (C=O) groups is 1. The van der Waals surface area contributed by atoms with Crippen LogP contribution in [0.2, 0.25) is 0 Å². The van der Waals surface area contributed by atoms with Crippen LogP contribution < -0.4 is 10.6 Å². The Bertz CT molecular complexity index is 621. The third kappa shape index (κ3) is 3.84. The third-order valence-electron chi connectivity index (χ3n) is 3.66. The van der Waals surface area contributed by atoms with Crippen molar-refractivity contribution in [3.63, 3.8) is 0 Å². The van der Waals surface area contributed by atoms with E-state index in [0.29, 0.717) is 13.1 Å². The molecular formula is C16H23N5O. The quantitative estimate of drug-likeness (QED) is 0.856. The SMILES string of the molecule is CCc1nn(C)c(CC)c1CNC(=O)NCc1ccncc1. The molecule has 0 aliphatic heterocycles. The lowest BCUT2D eigenvalue weighted by Gasteiger charge is -2.09. The van der Waals surface area contributed by atoms with E-state index >= 15 is 0 Å². The van der Waals surface area contributed by atoms with Gasteiger partial charge >= 0.3 is 6.03 Å². The first-order valence-electron chi connectivity index (χ1n) is 7.59. The molecule has 0 unspecified atom stereocenters. The van der Waals surface area contributed by atoms with Crippen LogP contribution in [0.5, 0.6) is 0 Å². The standard InChI is InChI=1S/C16H23N5O/c1-4-14-13(15(5-2)21(3)20-14)11-19-16(22)18-10-12-6-8-17-9-7-12/h6-9H,4-5,10-11H2,1-3H3,(H2,18,19,22). The highest BCUT2D eigenvalue weighted by Gasteiger charge is 2.14. The molecule has 2 heterocycles. The lowest BCUT2D eigenvalue weighted by molar-refractivity contribution is 0.240. The fourth-order valence-electron chi connectivity index (χ4n) is 2.51. The van der Waals surface area contributed by atoms with E-state index in [2.05, 4.69) is 34.6 Å². The van der Waals surface area contributed by atoms with E-state index in [9.17, 15) is 4.79 Å². The first-order valence-corrected chi connectivity index (χ1v) is 7.59. The summed E-state index contributed by atoms with van der Waals surface area (Å²) in [5, 5.41) is 10.3. The number of urea groups is 1. The molecule has 0 saturated carbocycles. The van der Waals surface area contributed by atoms with Crippen LogP contribution in [-0.2, 0) is 33.0 Å². The number of carbonyl (C=O) groups excluding carboxylic acids is 1. The molecule has 0 saturated heterocycles. The second kappa shape index (κ2) is 7.59. The minimum Gasteiger partial charge on any atom is -0.334 e. The fraction of sp³-hybridized carbons (Fsp3) is 0.438. The van der Waals surface area contributed by atoms with E-state index in [0.717, 1.165) is 29.7 Å². The zero-order valence-electron chi connectivity index (χ0n) is 13.4. The fourth-order valence-corrected chi connectivity index (χ4v) is 2.51.